The Labute approximate surface area is 127 Å². The first-order valence-corrected chi connectivity index (χ1v) is 7.14. The molecule has 2 rings (SSSR count). The molecule has 124 valence electrons. The number of fused-ring (bicyclic) bond motifs is 1. The minimum atomic E-state index is -1.55. The summed E-state index contributed by atoms with van der Waals surface area (Å²) in [6, 6.07) is -2.42. The fourth-order valence-corrected chi connectivity index (χ4v) is 2.45. The maximum absolute atomic E-state index is 11.9. The lowest BCUT2D eigenvalue weighted by Crippen LogP contribution is -2.57. The summed E-state index contributed by atoms with van der Waals surface area (Å²) in [5.41, 5.74) is 5.66. The molecule has 2 amide bonds. The van der Waals surface area contributed by atoms with Gasteiger partial charge in [0.1, 0.15) is 18.4 Å². The van der Waals surface area contributed by atoms with Crippen molar-refractivity contribution in [3.63, 3.8) is 0 Å². The van der Waals surface area contributed by atoms with Crippen molar-refractivity contribution in [1.82, 2.24) is 10.2 Å². The number of carboxylic acid groups (broad SMARTS) is 1. The molecule has 0 bridgehead atoms. The number of rotatable bonds is 6. The average molecular weight is 315 g/mol. The lowest BCUT2D eigenvalue weighted by molar-refractivity contribution is -0.161. The SMILES string of the molecule is CC(C)C(N)C(=O)NC(C(=O)O)C(O)[C@H]1CN2C(=O)C[C@@H]2O1. The lowest BCUT2D eigenvalue weighted by Gasteiger charge is -2.31. The van der Waals surface area contributed by atoms with Crippen LogP contribution in [-0.2, 0) is 19.1 Å². The number of amides is 2. The first-order chi connectivity index (χ1) is 10.2. The van der Waals surface area contributed by atoms with Crippen LogP contribution in [0.3, 0.4) is 0 Å². The first kappa shape index (κ1) is 16.7. The van der Waals surface area contributed by atoms with Crippen molar-refractivity contribution in [2.75, 3.05) is 6.54 Å². The number of carbonyl (C=O) groups excluding carboxylic acids is 2. The molecule has 0 saturated carbocycles. The molecule has 9 nitrogen and oxygen atoms in total. The molecule has 5 atom stereocenters. The second-order valence-electron chi connectivity index (χ2n) is 5.96. The Morgan fingerprint density at radius 2 is 2.09 bits per heavy atom. The highest BCUT2D eigenvalue weighted by Gasteiger charge is 2.49. The molecule has 2 aliphatic rings. The van der Waals surface area contributed by atoms with Crippen LogP contribution in [0.4, 0.5) is 0 Å². The highest BCUT2D eigenvalue weighted by atomic mass is 16.5. The van der Waals surface area contributed by atoms with Crippen molar-refractivity contribution in [2.24, 2.45) is 11.7 Å². The molecule has 2 saturated heterocycles. The van der Waals surface area contributed by atoms with Gasteiger partial charge >= 0.3 is 5.97 Å². The summed E-state index contributed by atoms with van der Waals surface area (Å²) >= 11 is 0. The second kappa shape index (κ2) is 6.19. The molecule has 0 aromatic carbocycles. The third-order valence-corrected chi connectivity index (χ3v) is 4.03. The van der Waals surface area contributed by atoms with Crippen LogP contribution in [0.2, 0.25) is 0 Å². The highest BCUT2D eigenvalue weighted by Crippen LogP contribution is 2.30. The molecule has 2 heterocycles. The number of nitrogens with two attached hydrogens (primary N) is 1. The van der Waals surface area contributed by atoms with Gasteiger partial charge in [0.15, 0.2) is 6.04 Å². The topological polar surface area (TPSA) is 142 Å². The van der Waals surface area contributed by atoms with Gasteiger partial charge in [0, 0.05) is 0 Å². The Kier molecular flexibility index (Phi) is 4.69. The normalized spacial score (nSPS) is 27.9. The van der Waals surface area contributed by atoms with Gasteiger partial charge in [-0.3, -0.25) is 9.59 Å². The van der Waals surface area contributed by atoms with Crippen LogP contribution in [0, 0.1) is 5.92 Å². The molecule has 0 aromatic rings. The summed E-state index contributed by atoms with van der Waals surface area (Å²) < 4.78 is 5.42. The van der Waals surface area contributed by atoms with Gasteiger partial charge < -0.3 is 30.9 Å². The van der Waals surface area contributed by atoms with E-state index in [1.54, 1.807) is 13.8 Å². The van der Waals surface area contributed by atoms with Gasteiger partial charge in [-0.25, -0.2) is 4.79 Å². The molecule has 2 aliphatic heterocycles. The molecule has 5 N–H and O–H groups in total. The number of hydrogen-bond donors (Lipinski definition) is 4. The van der Waals surface area contributed by atoms with Gasteiger partial charge in [0.05, 0.1) is 19.0 Å². The zero-order valence-electron chi connectivity index (χ0n) is 12.4. The largest absolute Gasteiger partial charge is 0.480 e. The number of carbonyl (C=O) groups is 3. The predicted molar refractivity (Wildman–Crippen MR) is 73.4 cm³/mol. The van der Waals surface area contributed by atoms with Crippen LogP contribution in [0.25, 0.3) is 0 Å². The molecule has 0 aliphatic carbocycles. The van der Waals surface area contributed by atoms with Crippen molar-refractivity contribution in [3.8, 4) is 0 Å². The Balaban J connectivity index is 2.00. The summed E-state index contributed by atoms with van der Waals surface area (Å²) in [7, 11) is 0. The van der Waals surface area contributed by atoms with Crippen LogP contribution in [-0.4, -0.2) is 70.0 Å². The number of aliphatic hydroxyl groups excluding tert-OH is 1. The number of aliphatic hydroxyl groups is 1. The van der Waals surface area contributed by atoms with Crippen molar-refractivity contribution in [3.05, 3.63) is 0 Å². The molecule has 3 unspecified atom stereocenters. The van der Waals surface area contributed by atoms with Crippen LogP contribution < -0.4 is 11.1 Å². The standard InChI is InChI=1S/C13H21N3O6/c1-5(2)9(14)12(19)15-10(13(20)21)11(18)6-4-16-7(17)3-8(16)22-6/h5-6,8-11,18H,3-4,14H2,1-2H3,(H,15,19)(H,20,21)/t6-,8+,9?,10?,11?/m1/s1. The maximum atomic E-state index is 11.9. The average Bonchev–Trinajstić information content (AvgIpc) is 2.79. The van der Waals surface area contributed by atoms with E-state index in [2.05, 4.69) is 5.32 Å². The number of nitrogens with one attached hydrogen (secondary N) is 1. The third-order valence-electron chi connectivity index (χ3n) is 4.03. The fraction of sp³-hybridized carbons (Fsp3) is 0.769. The fourth-order valence-electron chi connectivity index (χ4n) is 2.45. The smallest absolute Gasteiger partial charge is 0.329 e. The number of ether oxygens (including phenoxy) is 1. The van der Waals surface area contributed by atoms with Crippen molar-refractivity contribution in [1.29, 1.82) is 0 Å². The lowest BCUT2D eigenvalue weighted by atomic mass is 10.0. The van der Waals surface area contributed by atoms with E-state index < -0.39 is 42.4 Å². The molecule has 22 heavy (non-hydrogen) atoms. The number of aliphatic carboxylic acids is 1. The number of carboxylic acids is 1. The second-order valence-corrected chi connectivity index (χ2v) is 5.96. The Morgan fingerprint density at radius 3 is 2.55 bits per heavy atom. The van der Waals surface area contributed by atoms with Crippen molar-refractivity contribution in [2.45, 2.75) is 50.8 Å². The molecule has 9 heteroatoms. The number of β-lactam (4-membered cyclic amide) rings is 1. The van der Waals surface area contributed by atoms with Gasteiger partial charge in [-0.1, -0.05) is 13.8 Å². The summed E-state index contributed by atoms with van der Waals surface area (Å²) in [6.45, 7) is 3.57. The summed E-state index contributed by atoms with van der Waals surface area (Å²) in [5.74, 6) is -2.31. The minimum absolute atomic E-state index is 0.0996. The summed E-state index contributed by atoms with van der Waals surface area (Å²) in [5, 5.41) is 21.7. The van der Waals surface area contributed by atoms with Crippen LogP contribution in [0.15, 0.2) is 0 Å². The number of nitrogens with zero attached hydrogens (tertiary/aromatic N) is 1. The Morgan fingerprint density at radius 1 is 1.45 bits per heavy atom. The predicted octanol–water partition coefficient (Wildman–Crippen LogP) is -2.14. The number of hydrogen-bond acceptors (Lipinski definition) is 6. The minimum Gasteiger partial charge on any atom is -0.480 e. The van der Waals surface area contributed by atoms with Crippen LogP contribution in [0.1, 0.15) is 20.3 Å². The maximum Gasteiger partial charge on any atom is 0.329 e. The van der Waals surface area contributed by atoms with E-state index in [0.717, 1.165) is 0 Å². The van der Waals surface area contributed by atoms with Crippen LogP contribution >= 0.6 is 0 Å². The monoisotopic (exact) mass is 315 g/mol. The Hall–Kier alpha value is -1.71. The summed E-state index contributed by atoms with van der Waals surface area (Å²) in [6.07, 6.45) is -2.51. The van der Waals surface area contributed by atoms with E-state index in [1.807, 2.05) is 0 Å². The molecule has 0 aromatic heterocycles. The zero-order valence-corrected chi connectivity index (χ0v) is 12.4. The van der Waals surface area contributed by atoms with Crippen LogP contribution in [0.5, 0.6) is 0 Å². The van der Waals surface area contributed by atoms with Crippen molar-refractivity contribution < 1.29 is 29.3 Å². The third kappa shape index (κ3) is 3.06. The zero-order chi connectivity index (χ0) is 16.6. The molecule has 0 radical (unpaired) electrons. The molecular weight excluding hydrogens is 294 g/mol. The Bertz CT molecular complexity index is 482. The van der Waals surface area contributed by atoms with Gasteiger partial charge in [0.25, 0.3) is 0 Å². The van der Waals surface area contributed by atoms with Gasteiger partial charge in [0.2, 0.25) is 11.8 Å². The van der Waals surface area contributed by atoms with Gasteiger partial charge in [-0.05, 0) is 5.92 Å². The molecule has 0 spiro atoms. The van der Waals surface area contributed by atoms with E-state index >= 15 is 0 Å². The highest BCUT2D eigenvalue weighted by molar-refractivity contribution is 5.87. The summed E-state index contributed by atoms with van der Waals surface area (Å²) in [4.78, 5) is 35.9. The quantitative estimate of drug-likeness (QED) is 0.410. The van der Waals surface area contributed by atoms with Gasteiger partial charge in [-0.2, -0.15) is 0 Å². The van der Waals surface area contributed by atoms with E-state index in [0.29, 0.717) is 0 Å². The first-order valence-electron chi connectivity index (χ1n) is 7.14. The van der Waals surface area contributed by atoms with Crippen molar-refractivity contribution >= 4 is 17.8 Å². The van der Waals surface area contributed by atoms with E-state index in [1.165, 1.54) is 4.90 Å². The van der Waals surface area contributed by atoms with E-state index in [-0.39, 0.29) is 24.8 Å². The molecular formula is C13H21N3O6. The van der Waals surface area contributed by atoms with E-state index in [9.17, 15) is 24.6 Å². The molecule has 2 fully saturated rings. The van der Waals surface area contributed by atoms with E-state index in [4.69, 9.17) is 10.5 Å². The van der Waals surface area contributed by atoms with Gasteiger partial charge in [-0.15, -0.1) is 0 Å².